The maximum Gasteiger partial charge on any atom is 0.254 e. The van der Waals surface area contributed by atoms with Crippen molar-refractivity contribution in [1.82, 2.24) is 20.3 Å². The fraction of sp³-hybridized carbons (Fsp3) is 0.294. The summed E-state index contributed by atoms with van der Waals surface area (Å²) in [5.41, 5.74) is 0.674. The van der Waals surface area contributed by atoms with Crippen molar-refractivity contribution in [2.24, 2.45) is 10.2 Å². The highest BCUT2D eigenvalue weighted by atomic mass is 16.1. The van der Waals surface area contributed by atoms with Crippen molar-refractivity contribution < 1.29 is 4.79 Å². The molecule has 0 saturated heterocycles. The second-order valence-electron chi connectivity index (χ2n) is 5.40. The number of rotatable bonds is 7. The molecule has 120 valence electrons. The van der Waals surface area contributed by atoms with E-state index in [9.17, 15) is 4.79 Å². The summed E-state index contributed by atoms with van der Waals surface area (Å²) in [5, 5.41) is 10.9. The Balaban J connectivity index is 1.52. The predicted octanol–water partition coefficient (Wildman–Crippen LogP) is 2.23. The third kappa shape index (κ3) is 3.79. The average molecular weight is 320 g/mol. The number of aromatic nitrogens is 3. The van der Waals surface area contributed by atoms with Crippen LogP contribution in [-0.2, 0) is 0 Å². The van der Waals surface area contributed by atoms with Gasteiger partial charge in [0.25, 0.3) is 5.91 Å². The number of carbonyl (C=O) groups excluding carboxylic acids is 1. The van der Waals surface area contributed by atoms with Crippen molar-refractivity contribution in [2.75, 3.05) is 6.54 Å². The summed E-state index contributed by atoms with van der Waals surface area (Å²) in [6.45, 7) is 0.471. The first-order chi connectivity index (χ1) is 11.7. The summed E-state index contributed by atoms with van der Waals surface area (Å²) in [4.78, 5) is 24.7. The van der Waals surface area contributed by atoms with Gasteiger partial charge in [0.2, 0.25) is 0 Å². The van der Waals surface area contributed by atoms with Crippen molar-refractivity contribution >= 4 is 5.91 Å². The lowest BCUT2D eigenvalue weighted by molar-refractivity contribution is 0.0951. The Labute approximate surface area is 139 Å². The van der Waals surface area contributed by atoms with E-state index in [1.165, 1.54) is 12.4 Å². The number of hydrogen-bond donors (Lipinski definition) is 1. The Bertz CT molecular complexity index is 773. The Morgan fingerprint density at radius 1 is 1.17 bits per heavy atom. The van der Waals surface area contributed by atoms with Crippen molar-refractivity contribution in [2.45, 2.75) is 24.9 Å². The molecule has 2 aromatic rings. The summed E-state index contributed by atoms with van der Waals surface area (Å²) in [7, 11) is 0. The van der Waals surface area contributed by atoms with Gasteiger partial charge in [-0.3, -0.25) is 9.78 Å². The molecule has 0 radical (unpaired) electrons. The van der Waals surface area contributed by atoms with E-state index >= 15 is 0 Å². The second-order valence-corrected chi connectivity index (χ2v) is 5.40. The van der Waals surface area contributed by atoms with E-state index in [1.54, 1.807) is 6.20 Å². The molecule has 2 aromatic heterocycles. The molecule has 1 aliphatic heterocycles. The smallest absolute Gasteiger partial charge is 0.254 e. The van der Waals surface area contributed by atoms with Crippen LogP contribution < -0.4 is 5.32 Å². The van der Waals surface area contributed by atoms with Crippen molar-refractivity contribution in [3.63, 3.8) is 0 Å². The van der Waals surface area contributed by atoms with Crippen molar-refractivity contribution in [3.8, 4) is 23.9 Å². The SMILES string of the molecule is C#CCCC1(CCNC(=O)c2cnc(-c3ccccn3)nc2)N=N1. The summed E-state index contributed by atoms with van der Waals surface area (Å²) in [6, 6.07) is 5.49. The molecule has 1 N–H and O–H groups in total. The molecule has 0 unspecified atom stereocenters. The topological polar surface area (TPSA) is 92.5 Å². The fourth-order valence-corrected chi connectivity index (χ4v) is 2.22. The first kappa shape index (κ1) is 15.7. The van der Waals surface area contributed by atoms with Crippen LogP contribution >= 0.6 is 0 Å². The van der Waals surface area contributed by atoms with Crippen LogP contribution in [0.15, 0.2) is 47.0 Å². The van der Waals surface area contributed by atoms with E-state index in [0.717, 1.165) is 6.42 Å². The molecule has 0 fully saturated rings. The van der Waals surface area contributed by atoms with E-state index < -0.39 is 0 Å². The zero-order chi connectivity index (χ0) is 16.8. The van der Waals surface area contributed by atoms with Gasteiger partial charge in [0.15, 0.2) is 11.5 Å². The fourth-order valence-electron chi connectivity index (χ4n) is 2.22. The highest BCUT2D eigenvalue weighted by molar-refractivity contribution is 5.93. The molecule has 0 aromatic carbocycles. The Morgan fingerprint density at radius 3 is 2.58 bits per heavy atom. The second kappa shape index (κ2) is 6.96. The first-order valence-corrected chi connectivity index (χ1v) is 7.62. The van der Waals surface area contributed by atoms with E-state index in [0.29, 0.717) is 36.5 Å². The minimum atomic E-state index is -0.390. The van der Waals surface area contributed by atoms with E-state index in [2.05, 4.69) is 36.4 Å². The van der Waals surface area contributed by atoms with E-state index in [4.69, 9.17) is 6.42 Å². The number of hydrogen-bond acceptors (Lipinski definition) is 6. The van der Waals surface area contributed by atoms with Gasteiger partial charge in [0, 0.05) is 44.4 Å². The van der Waals surface area contributed by atoms with Gasteiger partial charge in [-0.15, -0.1) is 12.3 Å². The zero-order valence-corrected chi connectivity index (χ0v) is 13.0. The summed E-state index contributed by atoms with van der Waals surface area (Å²) < 4.78 is 0. The van der Waals surface area contributed by atoms with Gasteiger partial charge in [-0.1, -0.05) is 6.07 Å². The van der Waals surface area contributed by atoms with Crippen LogP contribution in [0.3, 0.4) is 0 Å². The minimum Gasteiger partial charge on any atom is -0.352 e. The van der Waals surface area contributed by atoms with Gasteiger partial charge in [-0.25, -0.2) is 9.97 Å². The number of nitrogens with one attached hydrogen (secondary N) is 1. The molecule has 0 spiro atoms. The van der Waals surface area contributed by atoms with Gasteiger partial charge in [-0.05, 0) is 12.1 Å². The van der Waals surface area contributed by atoms with Gasteiger partial charge in [0.1, 0.15) is 5.69 Å². The Morgan fingerprint density at radius 2 is 1.96 bits per heavy atom. The molecule has 0 atom stereocenters. The van der Waals surface area contributed by atoms with Crippen molar-refractivity contribution in [3.05, 3.63) is 42.4 Å². The molecule has 7 heteroatoms. The predicted molar refractivity (Wildman–Crippen MR) is 87.9 cm³/mol. The molecule has 0 bridgehead atoms. The standard InChI is InChI=1S/C17H16N6O/c1-2-3-7-17(22-23-17)8-10-19-16(24)13-11-20-15(21-12-13)14-6-4-5-9-18-14/h1,4-6,9,11-12H,3,7-8,10H2,(H,19,24). The van der Waals surface area contributed by atoms with Gasteiger partial charge < -0.3 is 5.32 Å². The molecule has 1 amide bonds. The van der Waals surface area contributed by atoms with Crippen LogP contribution in [0, 0.1) is 12.3 Å². The molecule has 3 rings (SSSR count). The van der Waals surface area contributed by atoms with Crippen LogP contribution in [0.4, 0.5) is 0 Å². The first-order valence-electron chi connectivity index (χ1n) is 7.62. The number of amides is 1. The summed E-state index contributed by atoms with van der Waals surface area (Å²) in [6.07, 6.45) is 11.9. The molecule has 0 aliphatic carbocycles. The van der Waals surface area contributed by atoms with Crippen LogP contribution in [-0.4, -0.2) is 33.1 Å². The van der Waals surface area contributed by atoms with Gasteiger partial charge >= 0.3 is 0 Å². The van der Waals surface area contributed by atoms with Crippen LogP contribution in [0.2, 0.25) is 0 Å². The van der Waals surface area contributed by atoms with E-state index in [1.807, 2.05) is 18.2 Å². The molecule has 1 aliphatic rings. The van der Waals surface area contributed by atoms with Crippen LogP contribution in [0.1, 0.15) is 29.6 Å². The summed E-state index contributed by atoms with van der Waals surface area (Å²) in [5.74, 6) is 2.83. The Kier molecular flexibility index (Phi) is 4.57. The largest absolute Gasteiger partial charge is 0.352 e. The molecule has 3 heterocycles. The van der Waals surface area contributed by atoms with Crippen LogP contribution in [0.5, 0.6) is 0 Å². The molecule has 24 heavy (non-hydrogen) atoms. The number of carbonyl (C=O) groups is 1. The number of nitrogens with zero attached hydrogens (tertiary/aromatic N) is 5. The monoisotopic (exact) mass is 320 g/mol. The minimum absolute atomic E-state index is 0.227. The zero-order valence-electron chi connectivity index (χ0n) is 13.0. The van der Waals surface area contributed by atoms with Gasteiger partial charge in [0.05, 0.1) is 5.56 Å². The average Bonchev–Trinajstić information content (AvgIpc) is 3.41. The molecular formula is C17H16N6O. The summed E-state index contributed by atoms with van der Waals surface area (Å²) >= 11 is 0. The maximum absolute atomic E-state index is 12.1. The number of pyridine rings is 1. The third-order valence-corrected chi connectivity index (χ3v) is 3.67. The third-order valence-electron chi connectivity index (χ3n) is 3.67. The van der Waals surface area contributed by atoms with E-state index in [-0.39, 0.29) is 11.6 Å². The van der Waals surface area contributed by atoms with Gasteiger partial charge in [-0.2, -0.15) is 10.2 Å². The molecule has 7 nitrogen and oxygen atoms in total. The molecule has 0 saturated carbocycles. The van der Waals surface area contributed by atoms with Crippen LogP contribution in [0.25, 0.3) is 11.5 Å². The lowest BCUT2D eigenvalue weighted by Gasteiger charge is -2.09. The lowest BCUT2D eigenvalue weighted by Crippen LogP contribution is -2.28. The molecular weight excluding hydrogens is 304 g/mol. The number of terminal acetylenes is 1. The highest BCUT2D eigenvalue weighted by Crippen LogP contribution is 2.36. The lowest BCUT2D eigenvalue weighted by atomic mass is 10.0. The maximum atomic E-state index is 12.1. The van der Waals surface area contributed by atoms with Crippen molar-refractivity contribution in [1.29, 1.82) is 0 Å². The quantitative estimate of drug-likeness (QED) is 0.792. The Hall–Kier alpha value is -3.14. The normalized spacial score (nSPS) is 14.0. The highest BCUT2D eigenvalue weighted by Gasteiger charge is 2.38.